The molecule has 4 aromatic rings. The van der Waals surface area contributed by atoms with Gasteiger partial charge in [-0.25, -0.2) is 0 Å². The van der Waals surface area contributed by atoms with Gasteiger partial charge in [-0.3, -0.25) is 0 Å². The fourth-order valence-corrected chi connectivity index (χ4v) is 7.48. The van der Waals surface area contributed by atoms with Crippen LogP contribution in [0.1, 0.15) is 131 Å². The van der Waals surface area contributed by atoms with E-state index < -0.39 is 0 Å². The molecule has 0 aliphatic heterocycles. The Bertz CT molecular complexity index is 1520. The first-order valence-electron chi connectivity index (χ1n) is 16.4. The van der Waals surface area contributed by atoms with Crippen molar-refractivity contribution in [3.05, 3.63) is 138 Å². The van der Waals surface area contributed by atoms with Gasteiger partial charge in [-0.05, 0) is 162 Å². The molecular formula is C43H54. The summed E-state index contributed by atoms with van der Waals surface area (Å²) in [6.45, 7) is 27.8. The second kappa shape index (κ2) is 11.4. The third-order valence-electron chi connectivity index (χ3n) is 10.0. The molecule has 1 aliphatic rings. The number of fused-ring (bicyclic) bond motifs is 2. The molecule has 0 N–H and O–H groups in total. The van der Waals surface area contributed by atoms with E-state index in [-0.39, 0.29) is 10.8 Å². The van der Waals surface area contributed by atoms with Crippen LogP contribution in [0.25, 0.3) is 0 Å². The van der Waals surface area contributed by atoms with Gasteiger partial charge in [0.05, 0.1) is 0 Å². The normalized spacial score (nSPS) is 13.5. The van der Waals surface area contributed by atoms with Gasteiger partial charge in [0, 0.05) is 0 Å². The molecule has 0 spiro atoms. The Morgan fingerprint density at radius 2 is 0.791 bits per heavy atom. The number of hydrogen-bond donors (Lipinski definition) is 0. The quantitative estimate of drug-likeness (QED) is 0.229. The third kappa shape index (κ3) is 6.55. The molecule has 0 heterocycles. The molecule has 0 heteroatoms. The number of aryl methyl sites for hydroxylation is 8. The van der Waals surface area contributed by atoms with E-state index in [0.717, 1.165) is 32.1 Å². The Morgan fingerprint density at radius 3 is 1.09 bits per heavy atom. The third-order valence-corrected chi connectivity index (χ3v) is 10.0. The standard InChI is InChI=1S/C43H54/c1-26-15-28(3)38(29(4)16-26)23-34-21-36(42(7,8)9)19-32-13-14-33-20-37(43(10,11)12)22-35(41(33)25-40(32)34)24-39-30(5)17-27(2)18-31(39)6/h15-22H,13-14,23-25H2,1-12H3. The van der Waals surface area contributed by atoms with Crippen molar-refractivity contribution in [3.8, 4) is 0 Å². The zero-order valence-electron chi connectivity index (χ0n) is 29.2. The lowest BCUT2D eigenvalue weighted by molar-refractivity contribution is 0.587. The minimum absolute atomic E-state index is 0.116. The molecule has 0 radical (unpaired) electrons. The highest BCUT2D eigenvalue weighted by molar-refractivity contribution is 5.55. The van der Waals surface area contributed by atoms with Gasteiger partial charge < -0.3 is 0 Å². The van der Waals surface area contributed by atoms with Crippen LogP contribution in [0.2, 0.25) is 0 Å². The van der Waals surface area contributed by atoms with Gasteiger partial charge in [0.25, 0.3) is 0 Å². The second-order valence-electron chi connectivity index (χ2n) is 15.8. The molecule has 0 amide bonds. The molecule has 0 nitrogen and oxygen atoms in total. The number of benzene rings is 4. The topological polar surface area (TPSA) is 0 Å². The second-order valence-corrected chi connectivity index (χ2v) is 15.8. The summed E-state index contributed by atoms with van der Waals surface area (Å²) in [5, 5.41) is 0. The number of hydrogen-bond acceptors (Lipinski definition) is 0. The SMILES string of the molecule is Cc1cc(C)c(Cc2cc(C(C)(C)C)cc3c2Cc2c(cc(C(C)(C)C)cc2Cc2c(C)cc(C)cc2C)CC3)c(C)c1. The van der Waals surface area contributed by atoms with Crippen LogP contribution in [0, 0.1) is 41.5 Å². The summed E-state index contributed by atoms with van der Waals surface area (Å²) in [6.07, 6.45) is 5.26. The minimum atomic E-state index is 0.116. The lowest BCUT2D eigenvalue weighted by atomic mass is 9.79. The Balaban J connectivity index is 1.70. The van der Waals surface area contributed by atoms with E-state index in [2.05, 4.69) is 132 Å². The highest BCUT2D eigenvalue weighted by Crippen LogP contribution is 2.38. The first-order chi connectivity index (χ1) is 20.0. The van der Waals surface area contributed by atoms with Crippen LogP contribution in [0.4, 0.5) is 0 Å². The molecule has 0 bridgehead atoms. The molecule has 4 aromatic carbocycles. The molecule has 226 valence electrons. The molecule has 5 rings (SSSR count). The van der Waals surface area contributed by atoms with Gasteiger partial charge in [-0.15, -0.1) is 0 Å². The van der Waals surface area contributed by atoms with Gasteiger partial charge in [0.1, 0.15) is 0 Å². The van der Waals surface area contributed by atoms with Crippen LogP contribution in [0.5, 0.6) is 0 Å². The van der Waals surface area contributed by atoms with Crippen LogP contribution in [-0.4, -0.2) is 0 Å². The monoisotopic (exact) mass is 570 g/mol. The maximum atomic E-state index is 2.56. The summed E-state index contributed by atoms with van der Waals surface area (Å²) in [5.74, 6) is 0. The minimum Gasteiger partial charge on any atom is -0.0561 e. The van der Waals surface area contributed by atoms with Gasteiger partial charge in [-0.2, -0.15) is 0 Å². The predicted molar refractivity (Wildman–Crippen MR) is 187 cm³/mol. The van der Waals surface area contributed by atoms with Crippen LogP contribution in [-0.2, 0) is 42.9 Å². The molecule has 0 aromatic heterocycles. The Morgan fingerprint density at radius 1 is 0.465 bits per heavy atom. The van der Waals surface area contributed by atoms with E-state index in [1.54, 1.807) is 22.3 Å². The van der Waals surface area contributed by atoms with Gasteiger partial charge >= 0.3 is 0 Å². The van der Waals surface area contributed by atoms with E-state index in [9.17, 15) is 0 Å². The highest BCUT2D eigenvalue weighted by atomic mass is 14.3. The molecular weight excluding hydrogens is 516 g/mol. The molecule has 0 fully saturated rings. The molecule has 0 unspecified atom stereocenters. The maximum absolute atomic E-state index is 2.56. The first kappa shape index (κ1) is 31.3. The highest BCUT2D eigenvalue weighted by Gasteiger charge is 2.26. The van der Waals surface area contributed by atoms with Crippen LogP contribution in [0.3, 0.4) is 0 Å². The summed E-state index contributed by atoms with van der Waals surface area (Å²) in [6, 6.07) is 19.7. The van der Waals surface area contributed by atoms with Gasteiger partial charge in [0.2, 0.25) is 0 Å². The molecule has 0 atom stereocenters. The van der Waals surface area contributed by atoms with Crippen molar-refractivity contribution in [1.29, 1.82) is 0 Å². The van der Waals surface area contributed by atoms with Gasteiger partial charge in [-0.1, -0.05) is 101 Å². The van der Waals surface area contributed by atoms with Crippen molar-refractivity contribution in [2.45, 2.75) is 126 Å². The Labute approximate surface area is 263 Å². The summed E-state index contributed by atoms with van der Waals surface area (Å²) in [5.41, 5.74) is 23.9. The largest absolute Gasteiger partial charge is 0.0561 e. The van der Waals surface area contributed by atoms with E-state index in [1.165, 1.54) is 66.8 Å². The maximum Gasteiger partial charge on any atom is -0.00146 e. The van der Waals surface area contributed by atoms with Crippen molar-refractivity contribution in [1.82, 2.24) is 0 Å². The van der Waals surface area contributed by atoms with E-state index in [1.807, 2.05) is 0 Å². The van der Waals surface area contributed by atoms with Crippen molar-refractivity contribution in [2.75, 3.05) is 0 Å². The summed E-state index contributed by atoms with van der Waals surface area (Å²) < 4.78 is 0. The van der Waals surface area contributed by atoms with Crippen LogP contribution < -0.4 is 0 Å². The van der Waals surface area contributed by atoms with Gasteiger partial charge in [0.15, 0.2) is 0 Å². The van der Waals surface area contributed by atoms with Crippen molar-refractivity contribution < 1.29 is 0 Å². The average Bonchev–Trinajstić information content (AvgIpc) is 3.06. The summed E-state index contributed by atoms with van der Waals surface area (Å²) >= 11 is 0. The number of rotatable bonds is 4. The van der Waals surface area contributed by atoms with Crippen molar-refractivity contribution >= 4 is 0 Å². The Hall–Kier alpha value is -3.12. The molecule has 0 saturated carbocycles. The van der Waals surface area contributed by atoms with Crippen LogP contribution >= 0.6 is 0 Å². The van der Waals surface area contributed by atoms with Crippen LogP contribution in [0.15, 0.2) is 48.5 Å². The smallest absolute Gasteiger partial charge is 0.00146 e. The predicted octanol–water partition coefficient (Wildman–Crippen LogP) is 11.0. The fourth-order valence-electron chi connectivity index (χ4n) is 7.48. The van der Waals surface area contributed by atoms with E-state index in [0.29, 0.717) is 0 Å². The fraction of sp³-hybridized carbons (Fsp3) is 0.442. The average molecular weight is 571 g/mol. The zero-order valence-corrected chi connectivity index (χ0v) is 29.2. The van der Waals surface area contributed by atoms with E-state index >= 15 is 0 Å². The Kier molecular flexibility index (Phi) is 8.32. The summed E-state index contributed by atoms with van der Waals surface area (Å²) in [7, 11) is 0. The van der Waals surface area contributed by atoms with Crippen molar-refractivity contribution in [3.63, 3.8) is 0 Å². The lowest BCUT2D eigenvalue weighted by Crippen LogP contribution is -2.15. The molecule has 0 saturated heterocycles. The van der Waals surface area contributed by atoms with E-state index in [4.69, 9.17) is 0 Å². The zero-order chi connectivity index (χ0) is 31.4. The molecule has 1 aliphatic carbocycles. The first-order valence-corrected chi connectivity index (χ1v) is 16.4. The van der Waals surface area contributed by atoms with Crippen molar-refractivity contribution in [2.24, 2.45) is 0 Å². The summed E-state index contributed by atoms with van der Waals surface area (Å²) in [4.78, 5) is 0. The molecule has 43 heavy (non-hydrogen) atoms. The lowest BCUT2D eigenvalue weighted by Gasteiger charge is -2.26.